The van der Waals surface area contributed by atoms with Crippen molar-refractivity contribution < 1.29 is 4.79 Å². The molecule has 0 saturated carbocycles. The Morgan fingerprint density at radius 3 is 2.40 bits per heavy atom. The van der Waals surface area contributed by atoms with Crippen LogP contribution in [-0.2, 0) is 11.2 Å². The number of nitrogens with one attached hydrogen (secondary N) is 3. The number of rotatable bonds is 8. The number of amides is 1. The van der Waals surface area contributed by atoms with E-state index in [1.807, 2.05) is 54.6 Å². The van der Waals surface area contributed by atoms with Gasteiger partial charge in [0.05, 0.1) is 5.71 Å². The number of para-hydroxylation sites is 1. The maximum absolute atomic E-state index is 11.7. The molecule has 0 bridgehead atoms. The Morgan fingerprint density at radius 1 is 1.12 bits per heavy atom. The van der Waals surface area contributed by atoms with E-state index in [4.69, 9.17) is 17.0 Å². The van der Waals surface area contributed by atoms with Gasteiger partial charge in [-0.1, -0.05) is 55.8 Å². The summed E-state index contributed by atoms with van der Waals surface area (Å²) in [4.78, 5) is 11.7. The first kappa shape index (κ1) is 18.7. The highest BCUT2D eigenvalue weighted by atomic mass is 35.5. The van der Waals surface area contributed by atoms with Gasteiger partial charge in [-0.3, -0.25) is 4.79 Å². The fraction of sp³-hybridized carbons (Fsp3) is 0.200. The van der Waals surface area contributed by atoms with Crippen LogP contribution in [-0.4, -0.2) is 17.5 Å². The molecule has 0 aromatic heterocycles. The minimum absolute atomic E-state index is 0.146. The van der Waals surface area contributed by atoms with E-state index in [2.05, 4.69) is 17.6 Å². The third-order valence-corrected chi connectivity index (χ3v) is 3.78. The van der Waals surface area contributed by atoms with Crippen molar-refractivity contribution in [1.29, 1.82) is 5.41 Å². The van der Waals surface area contributed by atoms with E-state index >= 15 is 0 Å². The van der Waals surface area contributed by atoms with Gasteiger partial charge >= 0.3 is 0 Å². The molecule has 0 fully saturated rings. The largest absolute Gasteiger partial charge is 0.342 e. The van der Waals surface area contributed by atoms with Crippen molar-refractivity contribution >= 4 is 28.9 Å². The molecule has 0 unspecified atom stereocenters. The Hall–Kier alpha value is -2.59. The molecule has 0 radical (unpaired) electrons. The van der Waals surface area contributed by atoms with Crippen LogP contribution in [0.15, 0.2) is 66.5 Å². The van der Waals surface area contributed by atoms with Gasteiger partial charge < -0.3 is 16.0 Å². The number of carbonyl (C=O) groups excluding carboxylic acids is 1. The Bertz CT molecular complexity index is 739. The highest BCUT2D eigenvalue weighted by molar-refractivity contribution is 6.27. The molecule has 5 heteroatoms. The molecule has 1 amide bonds. The third kappa shape index (κ3) is 6.08. The molecule has 0 spiro atoms. The first-order valence-electron chi connectivity index (χ1n) is 8.20. The minimum Gasteiger partial charge on any atom is -0.342 e. The highest BCUT2D eigenvalue weighted by Gasteiger charge is 2.07. The van der Waals surface area contributed by atoms with Crippen molar-refractivity contribution in [3.8, 4) is 0 Å². The fourth-order valence-electron chi connectivity index (χ4n) is 2.33. The van der Waals surface area contributed by atoms with E-state index in [1.54, 1.807) is 6.08 Å². The van der Waals surface area contributed by atoms with E-state index in [0.29, 0.717) is 11.5 Å². The molecule has 2 rings (SSSR count). The fourth-order valence-corrected chi connectivity index (χ4v) is 2.40. The van der Waals surface area contributed by atoms with E-state index in [9.17, 15) is 4.79 Å². The van der Waals surface area contributed by atoms with Crippen LogP contribution in [0, 0.1) is 5.41 Å². The summed E-state index contributed by atoms with van der Waals surface area (Å²) in [6.45, 7) is 2.14. The minimum atomic E-state index is -0.331. The number of carbonyl (C=O) groups is 1. The molecule has 2 aromatic carbocycles. The van der Waals surface area contributed by atoms with Crippen LogP contribution < -0.4 is 10.6 Å². The van der Waals surface area contributed by atoms with Crippen molar-refractivity contribution in [3.63, 3.8) is 0 Å². The Balaban J connectivity index is 2.19. The van der Waals surface area contributed by atoms with Gasteiger partial charge in [-0.15, -0.1) is 11.6 Å². The average Bonchev–Trinajstić information content (AvgIpc) is 2.63. The molecule has 0 aliphatic carbocycles. The van der Waals surface area contributed by atoms with E-state index in [0.717, 1.165) is 24.1 Å². The summed E-state index contributed by atoms with van der Waals surface area (Å²) in [5, 5.41) is 14.1. The molecule has 0 aliphatic rings. The summed E-state index contributed by atoms with van der Waals surface area (Å²) in [6, 6.07) is 17.4. The van der Waals surface area contributed by atoms with E-state index in [1.165, 1.54) is 5.56 Å². The van der Waals surface area contributed by atoms with E-state index < -0.39 is 0 Å². The van der Waals surface area contributed by atoms with Gasteiger partial charge in [-0.2, -0.15) is 0 Å². The molecule has 3 N–H and O–H groups in total. The summed E-state index contributed by atoms with van der Waals surface area (Å²) in [6.07, 6.45) is 3.70. The average molecular weight is 356 g/mol. The molecular weight excluding hydrogens is 334 g/mol. The lowest BCUT2D eigenvalue weighted by Crippen LogP contribution is -2.28. The first-order valence-corrected chi connectivity index (χ1v) is 8.73. The zero-order valence-corrected chi connectivity index (χ0v) is 14.9. The Morgan fingerprint density at radius 2 is 1.80 bits per heavy atom. The highest BCUT2D eigenvalue weighted by Crippen LogP contribution is 2.11. The standard InChI is InChI=1S/C20H22ClN3O/c1-2-6-15-9-11-16(12-10-15)18(22)13-19(24-20(25)14-21)23-17-7-4-3-5-8-17/h3-5,7-13,22-23H,2,6,14H2,1H3,(H,24,25)/b19-13+,22-18?. The van der Waals surface area contributed by atoms with Crippen LogP contribution in [0.3, 0.4) is 0 Å². The molecule has 0 aliphatic heterocycles. The summed E-state index contributed by atoms with van der Waals surface area (Å²) in [5.74, 6) is -0.0609. The Labute approximate surface area is 153 Å². The number of anilines is 1. The van der Waals surface area contributed by atoms with E-state index in [-0.39, 0.29) is 11.8 Å². The number of allylic oxidation sites excluding steroid dienone is 1. The zero-order chi connectivity index (χ0) is 18.1. The summed E-state index contributed by atoms with van der Waals surface area (Å²) in [5.41, 5.74) is 3.15. The summed E-state index contributed by atoms with van der Waals surface area (Å²) < 4.78 is 0. The van der Waals surface area contributed by atoms with Crippen molar-refractivity contribution in [2.24, 2.45) is 0 Å². The number of benzene rings is 2. The van der Waals surface area contributed by atoms with Crippen LogP contribution >= 0.6 is 11.6 Å². The molecule has 4 nitrogen and oxygen atoms in total. The molecular formula is C20H22ClN3O. The number of aryl methyl sites for hydroxylation is 1. The van der Waals surface area contributed by atoms with Gasteiger partial charge in [0.2, 0.25) is 5.91 Å². The smallest absolute Gasteiger partial charge is 0.240 e. The second-order valence-electron chi connectivity index (χ2n) is 5.59. The molecule has 25 heavy (non-hydrogen) atoms. The maximum Gasteiger partial charge on any atom is 0.240 e. The summed E-state index contributed by atoms with van der Waals surface area (Å²) >= 11 is 5.58. The molecule has 0 saturated heterocycles. The molecule has 0 heterocycles. The van der Waals surface area contributed by atoms with Crippen LogP contribution in [0.4, 0.5) is 5.69 Å². The first-order chi connectivity index (χ1) is 12.1. The lowest BCUT2D eigenvalue weighted by atomic mass is 10.0. The number of hydrogen-bond donors (Lipinski definition) is 3. The lowest BCUT2D eigenvalue weighted by molar-refractivity contribution is -0.117. The van der Waals surface area contributed by atoms with Crippen LogP contribution in [0.2, 0.25) is 0 Å². The zero-order valence-electron chi connectivity index (χ0n) is 14.2. The lowest BCUT2D eigenvalue weighted by Gasteiger charge is -2.12. The van der Waals surface area contributed by atoms with Crippen molar-refractivity contribution in [2.45, 2.75) is 19.8 Å². The number of alkyl halides is 1. The van der Waals surface area contributed by atoms with Gasteiger partial charge in [0.25, 0.3) is 0 Å². The van der Waals surface area contributed by atoms with Gasteiger partial charge in [-0.05, 0) is 29.7 Å². The van der Waals surface area contributed by atoms with Gasteiger partial charge in [-0.25, -0.2) is 0 Å². The van der Waals surface area contributed by atoms with Crippen molar-refractivity contribution in [3.05, 3.63) is 77.6 Å². The van der Waals surface area contributed by atoms with Crippen molar-refractivity contribution in [1.82, 2.24) is 5.32 Å². The van der Waals surface area contributed by atoms with Crippen molar-refractivity contribution in [2.75, 3.05) is 11.2 Å². The predicted octanol–water partition coefficient (Wildman–Crippen LogP) is 4.32. The van der Waals surface area contributed by atoms with Crippen LogP contribution in [0.5, 0.6) is 0 Å². The second-order valence-corrected chi connectivity index (χ2v) is 5.86. The molecule has 2 aromatic rings. The Kier molecular flexibility index (Phi) is 7.23. The number of hydrogen-bond acceptors (Lipinski definition) is 3. The monoisotopic (exact) mass is 355 g/mol. The quantitative estimate of drug-likeness (QED) is 0.488. The van der Waals surface area contributed by atoms with Gasteiger partial charge in [0.1, 0.15) is 11.7 Å². The van der Waals surface area contributed by atoms with Gasteiger partial charge in [0, 0.05) is 11.8 Å². The third-order valence-electron chi connectivity index (χ3n) is 3.54. The maximum atomic E-state index is 11.7. The normalized spacial score (nSPS) is 11.0. The summed E-state index contributed by atoms with van der Waals surface area (Å²) in [7, 11) is 0. The predicted molar refractivity (Wildman–Crippen MR) is 104 cm³/mol. The topological polar surface area (TPSA) is 65.0 Å². The number of halogens is 1. The van der Waals surface area contributed by atoms with Crippen LogP contribution in [0.25, 0.3) is 0 Å². The second kappa shape index (κ2) is 9.64. The molecule has 0 atom stereocenters. The van der Waals surface area contributed by atoms with Crippen LogP contribution in [0.1, 0.15) is 24.5 Å². The van der Waals surface area contributed by atoms with Gasteiger partial charge in [0.15, 0.2) is 0 Å². The molecule has 130 valence electrons. The SMILES string of the molecule is CCCc1ccc(C(=N)/C=C(/NC(=O)CCl)Nc2ccccc2)cc1.